The van der Waals surface area contributed by atoms with Gasteiger partial charge in [-0.2, -0.15) is 0 Å². The minimum absolute atomic E-state index is 0.397. The molecule has 0 amide bonds. The summed E-state index contributed by atoms with van der Waals surface area (Å²) in [6.45, 7) is 3.54. The average molecular weight is 164 g/mol. The van der Waals surface area contributed by atoms with Gasteiger partial charge in [0.15, 0.2) is 6.29 Å². The van der Waals surface area contributed by atoms with E-state index >= 15 is 0 Å². The summed E-state index contributed by atoms with van der Waals surface area (Å²) in [6.07, 6.45) is 0.157. The van der Waals surface area contributed by atoms with Crippen molar-refractivity contribution >= 4 is 0 Å². The van der Waals surface area contributed by atoms with Crippen molar-refractivity contribution in [3.63, 3.8) is 0 Å². The zero-order chi connectivity index (χ0) is 8.97. The van der Waals surface area contributed by atoms with Crippen LogP contribution in [0.5, 0.6) is 0 Å². The van der Waals surface area contributed by atoms with Crippen LogP contribution in [0.15, 0.2) is 43.0 Å². The van der Waals surface area contributed by atoms with Crippen molar-refractivity contribution < 1.29 is 10.2 Å². The molecule has 2 N–H and O–H groups in total. The first-order valence-electron chi connectivity index (χ1n) is 3.79. The van der Waals surface area contributed by atoms with Crippen molar-refractivity contribution in [3.8, 4) is 0 Å². The van der Waals surface area contributed by atoms with E-state index < -0.39 is 12.2 Å². The number of hydrogen-bond acceptors (Lipinski definition) is 2. The summed E-state index contributed by atoms with van der Waals surface area (Å²) in [5.41, 5.74) is 0.863. The summed E-state index contributed by atoms with van der Waals surface area (Å²) in [7, 11) is 0. The number of aliphatic hydroxyl groups is 2. The lowest BCUT2D eigenvalue weighted by Gasteiger charge is -2.14. The van der Waals surface area contributed by atoms with E-state index in [9.17, 15) is 0 Å². The van der Waals surface area contributed by atoms with Gasteiger partial charge in [0, 0.05) is 0 Å². The fraction of sp³-hybridized carbons (Fsp3) is 0.200. The first kappa shape index (κ1) is 8.97. The molecule has 0 fully saturated rings. The summed E-state index contributed by atoms with van der Waals surface area (Å²) in [4.78, 5) is 0. The molecule has 0 aliphatic rings. The van der Waals surface area contributed by atoms with Crippen LogP contribution in [0.25, 0.3) is 0 Å². The Morgan fingerprint density at radius 2 is 1.75 bits per heavy atom. The summed E-state index contributed by atoms with van der Waals surface area (Å²) in [5.74, 6) is -0.397. The van der Waals surface area contributed by atoms with Gasteiger partial charge in [-0.3, -0.25) is 0 Å². The van der Waals surface area contributed by atoms with E-state index in [1.807, 2.05) is 30.3 Å². The summed E-state index contributed by atoms with van der Waals surface area (Å²) < 4.78 is 0. The molecular weight excluding hydrogens is 152 g/mol. The molecule has 0 heterocycles. The maximum atomic E-state index is 8.95. The smallest absolute Gasteiger partial charge is 0.161 e. The second-order valence-electron chi connectivity index (χ2n) is 2.59. The highest BCUT2D eigenvalue weighted by molar-refractivity contribution is 5.23. The minimum atomic E-state index is -1.37. The van der Waals surface area contributed by atoms with Crippen molar-refractivity contribution in [2.75, 3.05) is 0 Å². The molecule has 0 radical (unpaired) electrons. The Bertz CT molecular complexity index is 241. The fourth-order valence-corrected chi connectivity index (χ4v) is 1.11. The Morgan fingerprint density at radius 3 is 2.17 bits per heavy atom. The summed E-state index contributed by atoms with van der Waals surface area (Å²) in [6, 6.07) is 9.27. The third-order valence-electron chi connectivity index (χ3n) is 1.76. The molecular formula is C10H12O2. The molecule has 2 heteroatoms. The van der Waals surface area contributed by atoms with Crippen LogP contribution in [0.3, 0.4) is 0 Å². The van der Waals surface area contributed by atoms with E-state index in [2.05, 4.69) is 6.58 Å². The topological polar surface area (TPSA) is 40.5 Å². The molecule has 64 valence electrons. The molecule has 1 aromatic carbocycles. The number of benzene rings is 1. The molecule has 0 aromatic heterocycles. The van der Waals surface area contributed by atoms with Gasteiger partial charge in [-0.15, -0.1) is 6.58 Å². The first-order valence-corrected chi connectivity index (χ1v) is 3.79. The van der Waals surface area contributed by atoms with Gasteiger partial charge in [0.25, 0.3) is 0 Å². The van der Waals surface area contributed by atoms with Gasteiger partial charge in [-0.05, 0) is 5.56 Å². The van der Waals surface area contributed by atoms with Gasteiger partial charge in [0.1, 0.15) is 0 Å². The van der Waals surface area contributed by atoms with Crippen LogP contribution in [0.1, 0.15) is 11.5 Å². The normalized spacial score (nSPS) is 12.9. The highest BCUT2D eigenvalue weighted by atomic mass is 16.5. The van der Waals surface area contributed by atoms with Gasteiger partial charge in [-0.1, -0.05) is 36.4 Å². The predicted molar refractivity (Wildman–Crippen MR) is 47.6 cm³/mol. The van der Waals surface area contributed by atoms with Gasteiger partial charge in [-0.25, -0.2) is 0 Å². The van der Waals surface area contributed by atoms with Crippen LogP contribution in [0, 0.1) is 0 Å². The van der Waals surface area contributed by atoms with Gasteiger partial charge in [0.05, 0.1) is 5.92 Å². The highest BCUT2D eigenvalue weighted by Gasteiger charge is 2.13. The molecule has 2 nitrogen and oxygen atoms in total. The molecule has 1 rings (SSSR count). The monoisotopic (exact) mass is 164 g/mol. The van der Waals surface area contributed by atoms with Gasteiger partial charge < -0.3 is 10.2 Å². The number of aliphatic hydroxyl groups excluding tert-OH is 1. The highest BCUT2D eigenvalue weighted by Crippen LogP contribution is 2.18. The lowest BCUT2D eigenvalue weighted by Crippen LogP contribution is -2.15. The first-order chi connectivity index (χ1) is 5.75. The molecule has 0 saturated carbocycles. The van der Waals surface area contributed by atoms with Crippen molar-refractivity contribution in [1.82, 2.24) is 0 Å². The van der Waals surface area contributed by atoms with E-state index in [1.54, 1.807) is 0 Å². The van der Waals surface area contributed by atoms with Crippen LogP contribution in [-0.2, 0) is 0 Å². The Morgan fingerprint density at radius 1 is 1.17 bits per heavy atom. The van der Waals surface area contributed by atoms with Crippen LogP contribution in [0.4, 0.5) is 0 Å². The van der Waals surface area contributed by atoms with Crippen molar-refractivity contribution in [2.45, 2.75) is 12.2 Å². The summed E-state index contributed by atoms with van der Waals surface area (Å²) in [5, 5.41) is 17.9. The van der Waals surface area contributed by atoms with Crippen LogP contribution in [0.2, 0.25) is 0 Å². The maximum Gasteiger partial charge on any atom is 0.161 e. The van der Waals surface area contributed by atoms with Gasteiger partial charge >= 0.3 is 0 Å². The second-order valence-corrected chi connectivity index (χ2v) is 2.59. The summed E-state index contributed by atoms with van der Waals surface area (Å²) >= 11 is 0. The van der Waals surface area contributed by atoms with Crippen molar-refractivity contribution in [2.24, 2.45) is 0 Å². The SMILES string of the molecule is C=CC(c1ccccc1)C(O)O. The van der Waals surface area contributed by atoms with E-state index in [4.69, 9.17) is 10.2 Å². The second kappa shape index (κ2) is 4.04. The molecule has 0 saturated heterocycles. The maximum absolute atomic E-state index is 8.95. The Kier molecular flexibility index (Phi) is 3.02. The van der Waals surface area contributed by atoms with Crippen LogP contribution >= 0.6 is 0 Å². The molecule has 0 bridgehead atoms. The Balaban J connectivity index is 2.88. The molecule has 1 atom stereocenters. The third kappa shape index (κ3) is 1.94. The lowest BCUT2D eigenvalue weighted by atomic mass is 9.99. The van der Waals surface area contributed by atoms with E-state index in [1.165, 1.54) is 6.08 Å². The largest absolute Gasteiger partial charge is 0.367 e. The molecule has 1 unspecified atom stereocenters. The van der Waals surface area contributed by atoms with Crippen LogP contribution in [-0.4, -0.2) is 16.5 Å². The van der Waals surface area contributed by atoms with Crippen molar-refractivity contribution in [3.05, 3.63) is 48.6 Å². The number of hydrogen-bond donors (Lipinski definition) is 2. The number of rotatable bonds is 3. The van der Waals surface area contributed by atoms with Crippen molar-refractivity contribution in [1.29, 1.82) is 0 Å². The Hall–Kier alpha value is -1.12. The average Bonchev–Trinajstić information content (AvgIpc) is 2.07. The predicted octanol–water partition coefficient (Wildman–Crippen LogP) is 1.27. The molecule has 0 aliphatic carbocycles. The van der Waals surface area contributed by atoms with E-state index in [0.29, 0.717) is 0 Å². The van der Waals surface area contributed by atoms with Crippen LogP contribution < -0.4 is 0 Å². The quantitative estimate of drug-likeness (QED) is 0.521. The molecule has 0 spiro atoms. The molecule has 12 heavy (non-hydrogen) atoms. The van der Waals surface area contributed by atoms with Gasteiger partial charge in [0.2, 0.25) is 0 Å². The molecule has 0 aliphatic heterocycles. The fourth-order valence-electron chi connectivity index (χ4n) is 1.11. The lowest BCUT2D eigenvalue weighted by molar-refractivity contribution is -0.0495. The van der Waals surface area contributed by atoms with E-state index in [0.717, 1.165) is 5.56 Å². The zero-order valence-corrected chi connectivity index (χ0v) is 6.72. The minimum Gasteiger partial charge on any atom is -0.367 e. The third-order valence-corrected chi connectivity index (χ3v) is 1.76. The zero-order valence-electron chi connectivity index (χ0n) is 6.72. The molecule has 1 aromatic rings. The Labute approximate surface area is 71.8 Å². The van der Waals surface area contributed by atoms with E-state index in [-0.39, 0.29) is 0 Å². The standard InChI is InChI=1S/C10H12O2/c1-2-9(10(11)12)8-6-4-3-5-7-8/h2-7,9-12H,1H2.